The molecule has 13 rings (SSSR count). The van der Waals surface area contributed by atoms with Crippen molar-refractivity contribution in [3.05, 3.63) is 181 Å². The number of aromatic nitrogens is 4. The van der Waals surface area contributed by atoms with Crippen LogP contribution < -0.4 is 0 Å². The van der Waals surface area contributed by atoms with Gasteiger partial charge in [-0.1, -0.05) is 141 Å². The number of hydrogen-bond donors (Lipinski definition) is 0. The molecule has 0 unspecified atom stereocenters. The molecule has 0 fully saturated rings. The normalized spacial score (nSPS) is 13.3. The fraction of sp³-hybridized carbons (Fsp3) is 0.0556. The molecule has 0 spiro atoms. The molecule has 0 saturated carbocycles. The van der Waals surface area contributed by atoms with E-state index in [1.165, 1.54) is 42.4 Å². The Hall–Kier alpha value is -7.41. The second-order valence-corrected chi connectivity index (χ2v) is 17.4. The largest absolute Gasteiger partial charge is 0.455 e. The zero-order valence-corrected chi connectivity index (χ0v) is 33.6. The standard InChI is InChI=1S/C54H34N4OS/c1-54(2)42-22-9-6-16-34(42)40-30-45-41(29-43(40)54)35-17-7-10-23-44(35)58(45)53-56-51(55-52(57-53)39-21-13-25-48-49(39)38-18-8-11-24-47(38)60-48)32-26-27-36-37-20-12-19-33(31-14-4-3-5-15-31)50(37)59-46(36)28-32/h3-30H,1-2H3. The van der Waals surface area contributed by atoms with Crippen LogP contribution in [-0.2, 0) is 5.41 Å². The Balaban J connectivity index is 1.09. The number of furan rings is 1. The van der Waals surface area contributed by atoms with Crippen LogP contribution in [0.2, 0.25) is 0 Å². The molecule has 0 amide bonds. The van der Waals surface area contributed by atoms with E-state index in [1.54, 1.807) is 11.3 Å². The summed E-state index contributed by atoms with van der Waals surface area (Å²) in [6.45, 7) is 4.67. The smallest absolute Gasteiger partial charge is 0.238 e. The molecule has 0 N–H and O–H groups in total. The Bertz CT molecular complexity index is 3760. The summed E-state index contributed by atoms with van der Waals surface area (Å²) in [6, 6.07) is 60.4. The Morgan fingerprint density at radius 3 is 2.10 bits per heavy atom. The summed E-state index contributed by atoms with van der Waals surface area (Å²) in [6.07, 6.45) is 0. The minimum atomic E-state index is -0.129. The van der Waals surface area contributed by atoms with Gasteiger partial charge >= 0.3 is 0 Å². The molecular formula is C54H34N4OS. The van der Waals surface area contributed by atoms with Crippen molar-refractivity contribution in [2.75, 3.05) is 0 Å². The number of nitrogens with zero attached hydrogens (tertiary/aromatic N) is 4. The van der Waals surface area contributed by atoms with E-state index >= 15 is 0 Å². The van der Waals surface area contributed by atoms with E-state index in [1.807, 2.05) is 6.07 Å². The van der Waals surface area contributed by atoms with Gasteiger partial charge < -0.3 is 4.42 Å². The maximum absolute atomic E-state index is 6.74. The van der Waals surface area contributed by atoms with Gasteiger partial charge in [0, 0.05) is 63.8 Å². The van der Waals surface area contributed by atoms with Gasteiger partial charge in [0.05, 0.1) is 11.0 Å². The first-order chi connectivity index (χ1) is 29.5. The minimum Gasteiger partial charge on any atom is -0.455 e. The topological polar surface area (TPSA) is 56.7 Å². The third-order valence-corrected chi connectivity index (χ3v) is 13.8. The maximum Gasteiger partial charge on any atom is 0.238 e. The molecule has 4 aromatic heterocycles. The molecule has 8 aromatic carbocycles. The van der Waals surface area contributed by atoms with Crippen LogP contribution in [0.1, 0.15) is 25.0 Å². The van der Waals surface area contributed by atoms with E-state index in [4.69, 9.17) is 19.4 Å². The lowest BCUT2D eigenvalue weighted by atomic mass is 9.82. The van der Waals surface area contributed by atoms with Crippen molar-refractivity contribution in [1.82, 2.24) is 19.5 Å². The van der Waals surface area contributed by atoms with Crippen LogP contribution in [0.4, 0.5) is 0 Å². The van der Waals surface area contributed by atoms with Crippen LogP contribution in [0, 0.1) is 0 Å². The first-order valence-corrected chi connectivity index (χ1v) is 21.2. The van der Waals surface area contributed by atoms with Gasteiger partial charge in [-0.3, -0.25) is 4.57 Å². The van der Waals surface area contributed by atoms with Crippen LogP contribution in [0.15, 0.2) is 174 Å². The SMILES string of the molecule is CC1(C)c2ccccc2-c2cc3c(cc21)c1ccccc1n3-c1nc(-c2ccc3c(c2)oc2c(-c4ccccc4)cccc23)nc(-c2cccc3sc4ccccc4c23)n1. The van der Waals surface area contributed by atoms with Gasteiger partial charge in [-0.15, -0.1) is 11.3 Å². The van der Waals surface area contributed by atoms with Crippen molar-refractivity contribution in [3.63, 3.8) is 0 Å². The predicted molar refractivity (Wildman–Crippen MR) is 248 cm³/mol. The van der Waals surface area contributed by atoms with Crippen molar-refractivity contribution in [3.8, 4) is 51.0 Å². The van der Waals surface area contributed by atoms with E-state index in [0.29, 0.717) is 17.6 Å². The molecule has 12 aromatic rings. The van der Waals surface area contributed by atoms with Gasteiger partial charge in [0.25, 0.3) is 0 Å². The number of thiophene rings is 1. The number of rotatable bonds is 4. The summed E-state index contributed by atoms with van der Waals surface area (Å²) in [5.74, 6) is 1.77. The van der Waals surface area contributed by atoms with E-state index in [-0.39, 0.29) is 5.41 Å². The van der Waals surface area contributed by atoms with E-state index in [2.05, 4.69) is 182 Å². The average molecular weight is 787 g/mol. The van der Waals surface area contributed by atoms with E-state index in [0.717, 1.165) is 66.0 Å². The van der Waals surface area contributed by atoms with Crippen LogP contribution >= 0.6 is 11.3 Å². The molecule has 0 saturated heterocycles. The first kappa shape index (κ1) is 33.6. The van der Waals surface area contributed by atoms with Crippen molar-refractivity contribution in [2.45, 2.75) is 19.3 Å². The summed E-state index contributed by atoms with van der Waals surface area (Å²) < 4.78 is 11.4. The molecule has 0 aliphatic heterocycles. The molecule has 0 bridgehead atoms. The molecule has 60 heavy (non-hydrogen) atoms. The molecule has 282 valence electrons. The van der Waals surface area contributed by atoms with Gasteiger partial charge in [0.15, 0.2) is 11.6 Å². The summed E-state index contributed by atoms with van der Waals surface area (Å²) in [5.41, 5.74) is 12.9. The monoisotopic (exact) mass is 786 g/mol. The number of para-hydroxylation sites is 2. The molecule has 1 aliphatic carbocycles. The number of benzene rings is 8. The van der Waals surface area contributed by atoms with Gasteiger partial charge in [0.2, 0.25) is 5.95 Å². The van der Waals surface area contributed by atoms with Gasteiger partial charge in [0.1, 0.15) is 11.2 Å². The molecule has 1 aliphatic rings. The fourth-order valence-electron chi connectivity index (χ4n) is 9.84. The molecule has 0 radical (unpaired) electrons. The first-order valence-electron chi connectivity index (χ1n) is 20.4. The quantitative estimate of drug-likeness (QED) is 0.178. The lowest BCUT2D eigenvalue weighted by Crippen LogP contribution is -2.14. The Morgan fingerprint density at radius 2 is 1.18 bits per heavy atom. The molecule has 5 nitrogen and oxygen atoms in total. The van der Waals surface area contributed by atoms with Crippen molar-refractivity contribution >= 4 is 75.3 Å². The van der Waals surface area contributed by atoms with Crippen LogP contribution in [-0.4, -0.2) is 19.5 Å². The molecular weight excluding hydrogens is 753 g/mol. The minimum absolute atomic E-state index is 0.129. The van der Waals surface area contributed by atoms with Crippen molar-refractivity contribution in [1.29, 1.82) is 0 Å². The van der Waals surface area contributed by atoms with Gasteiger partial charge in [-0.2, -0.15) is 9.97 Å². The van der Waals surface area contributed by atoms with Crippen LogP contribution in [0.3, 0.4) is 0 Å². The van der Waals surface area contributed by atoms with Crippen LogP contribution in [0.5, 0.6) is 0 Å². The maximum atomic E-state index is 6.74. The second kappa shape index (κ2) is 12.3. The lowest BCUT2D eigenvalue weighted by Gasteiger charge is -2.21. The summed E-state index contributed by atoms with van der Waals surface area (Å²) in [7, 11) is 0. The van der Waals surface area contributed by atoms with E-state index in [9.17, 15) is 0 Å². The molecule has 6 heteroatoms. The highest BCUT2D eigenvalue weighted by atomic mass is 32.1. The summed E-state index contributed by atoms with van der Waals surface area (Å²) in [5, 5.41) is 6.82. The second-order valence-electron chi connectivity index (χ2n) is 16.4. The fourth-order valence-corrected chi connectivity index (χ4v) is 11.0. The molecule has 0 atom stereocenters. The zero-order chi connectivity index (χ0) is 39.7. The third-order valence-electron chi connectivity index (χ3n) is 12.7. The number of fused-ring (bicyclic) bond motifs is 12. The highest BCUT2D eigenvalue weighted by molar-refractivity contribution is 7.25. The summed E-state index contributed by atoms with van der Waals surface area (Å²) in [4.78, 5) is 16.2. The predicted octanol–water partition coefficient (Wildman–Crippen LogP) is 14.5. The Kier molecular flexibility index (Phi) is 6.88. The zero-order valence-electron chi connectivity index (χ0n) is 32.8. The molecule has 4 heterocycles. The third kappa shape index (κ3) is 4.71. The Morgan fingerprint density at radius 1 is 0.467 bits per heavy atom. The van der Waals surface area contributed by atoms with Crippen LogP contribution in [0.25, 0.3) is 115 Å². The Labute approximate surface area is 348 Å². The van der Waals surface area contributed by atoms with Crippen molar-refractivity contribution < 1.29 is 4.42 Å². The van der Waals surface area contributed by atoms with E-state index < -0.39 is 0 Å². The summed E-state index contributed by atoms with van der Waals surface area (Å²) >= 11 is 1.80. The van der Waals surface area contributed by atoms with Crippen molar-refractivity contribution in [2.24, 2.45) is 0 Å². The highest BCUT2D eigenvalue weighted by Crippen LogP contribution is 2.51. The lowest BCUT2D eigenvalue weighted by molar-refractivity contribution is 0.661. The highest BCUT2D eigenvalue weighted by Gasteiger charge is 2.36. The average Bonchev–Trinajstić information content (AvgIpc) is 4.02. The van der Waals surface area contributed by atoms with Gasteiger partial charge in [-0.25, -0.2) is 4.98 Å². The number of hydrogen-bond acceptors (Lipinski definition) is 5. The van der Waals surface area contributed by atoms with Gasteiger partial charge in [-0.05, 0) is 70.3 Å².